The highest BCUT2D eigenvalue weighted by Gasteiger charge is 2.22. The van der Waals surface area contributed by atoms with Crippen molar-refractivity contribution in [3.8, 4) is 0 Å². The van der Waals surface area contributed by atoms with E-state index in [1.807, 2.05) is 32.0 Å². The number of carbonyl (C=O) groups excluding carboxylic acids is 1. The Balaban J connectivity index is 1.93. The van der Waals surface area contributed by atoms with Gasteiger partial charge in [0.05, 0.1) is 17.0 Å². The predicted molar refractivity (Wildman–Crippen MR) is 99.0 cm³/mol. The van der Waals surface area contributed by atoms with E-state index < -0.39 is 5.92 Å². The van der Waals surface area contributed by atoms with Crippen molar-refractivity contribution in [3.05, 3.63) is 46.6 Å². The molecule has 1 amide bonds. The minimum atomic E-state index is -0.559. The molecule has 3 rings (SSSR count). The van der Waals surface area contributed by atoms with Gasteiger partial charge in [-0.3, -0.25) is 19.6 Å². The van der Waals surface area contributed by atoms with E-state index in [0.717, 1.165) is 13.0 Å². The standard InChI is InChI=1S/C18H22N6O2/c1-4-10-23-11-19-18(22-23)20-16(25)12(3)15-13-8-6-7-9-14(13)17(26)24(5-2)21-15/h6-9,11-12H,4-5,10H2,1-3H3,(H,20,22,25)/t12-/m1/s1. The van der Waals surface area contributed by atoms with Gasteiger partial charge in [0.1, 0.15) is 6.33 Å². The molecule has 0 spiro atoms. The molecule has 0 aliphatic heterocycles. The molecule has 2 heterocycles. The molecule has 0 aliphatic rings. The quantitative estimate of drug-likeness (QED) is 0.732. The van der Waals surface area contributed by atoms with Crippen molar-refractivity contribution < 1.29 is 4.79 Å². The van der Waals surface area contributed by atoms with Gasteiger partial charge in [-0.25, -0.2) is 9.67 Å². The zero-order chi connectivity index (χ0) is 18.7. The zero-order valence-electron chi connectivity index (χ0n) is 15.1. The molecule has 0 fully saturated rings. The number of anilines is 1. The fourth-order valence-corrected chi connectivity index (χ4v) is 2.83. The Hall–Kier alpha value is -3.03. The lowest BCUT2D eigenvalue weighted by Gasteiger charge is -2.14. The number of fused-ring (bicyclic) bond motifs is 1. The zero-order valence-corrected chi connectivity index (χ0v) is 15.1. The number of hydrogen-bond acceptors (Lipinski definition) is 5. The third-order valence-corrected chi connectivity index (χ3v) is 4.22. The number of nitrogens with one attached hydrogen (secondary N) is 1. The SMILES string of the molecule is CCCn1cnc(NC(=O)[C@H](C)c2nn(CC)c(=O)c3ccccc23)n1. The van der Waals surface area contributed by atoms with E-state index in [0.29, 0.717) is 23.0 Å². The van der Waals surface area contributed by atoms with Crippen LogP contribution < -0.4 is 10.9 Å². The molecule has 2 aromatic heterocycles. The van der Waals surface area contributed by atoms with Crippen LogP contribution >= 0.6 is 0 Å². The van der Waals surface area contributed by atoms with Gasteiger partial charge < -0.3 is 0 Å². The van der Waals surface area contributed by atoms with Crippen LogP contribution in [0.25, 0.3) is 10.8 Å². The molecule has 3 aromatic rings. The summed E-state index contributed by atoms with van der Waals surface area (Å²) >= 11 is 0. The maximum atomic E-state index is 12.7. The van der Waals surface area contributed by atoms with Gasteiger partial charge in [0.2, 0.25) is 11.9 Å². The van der Waals surface area contributed by atoms with E-state index in [2.05, 4.69) is 20.5 Å². The van der Waals surface area contributed by atoms with E-state index in [-0.39, 0.29) is 17.4 Å². The fourth-order valence-electron chi connectivity index (χ4n) is 2.83. The van der Waals surface area contributed by atoms with Gasteiger partial charge in [-0.1, -0.05) is 25.1 Å². The third kappa shape index (κ3) is 3.35. The van der Waals surface area contributed by atoms with Gasteiger partial charge in [-0.05, 0) is 26.3 Å². The molecule has 1 N–H and O–H groups in total. The topological polar surface area (TPSA) is 94.7 Å². The summed E-state index contributed by atoms with van der Waals surface area (Å²) in [5.74, 6) is -0.557. The van der Waals surface area contributed by atoms with Crippen LogP contribution in [0, 0.1) is 0 Å². The summed E-state index contributed by atoms with van der Waals surface area (Å²) in [6.45, 7) is 6.83. The van der Waals surface area contributed by atoms with Gasteiger partial charge in [-0.15, -0.1) is 5.10 Å². The van der Waals surface area contributed by atoms with E-state index in [1.54, 1.807) is 24.0 Å². The highest BCUT2D eigenvalue weighted by molar-refractivity contribution is 5.97. The second-order valence-corrected chi connectivity index (χ2v) is 6.09. The average molecular weight is 354 g/mol. The van der Waals surface area contributed by atoms with E-state index in [1.165, 1.54) is 4.68 Å². The van der Waals surface area contributed by atoms with Crippen molar-refractivity contribution in [1.82, 2.24) is 24.5 Å². The number of benzene rings is 1. The molecule has 0 saturated heterocycles. The Morgan fingerprint density at radius 2 is 1.92 bits per heavy atom. The highest BCUT2D eigenvalue weighted by atomic mass is 16.2. The molecule has 0 radical (unpaired) electrons. The largest absolute Gasteiger partial charge is 0.293 e. The lowest BCUT2D eigenvalue weighted by atomic mass is 10.0. The van der Waals surface area contributed by atoms with Crippen molar-refractivity contribution in [2.45, 2.75) is 46.2 Å². The molecular formula is C18H22N6O2. The molecule has 0 aliphatic carbocycles. The Kier molecular flexibility index (Phi) is 5.11. The lowest BCUT2D eigenvalue weighted by Crippen LogP contribution is -2.27. The Labute approximate surface area is 150 Å². The van der Waals surface area contributed by atoms with Crippen LogP contribution in [0.5, 0.6) is 0 Å². The van der Waals surface area contributed by atoms with Crippen LogP contribution in [0.3, 0.4) is 0 Å². The summed E-state index contributed by atoms with van der Waals surface area (Å²) in [7, 11) is 0. The molecular weight excluding hydrogens is 332 g/mol. The van der Waals surface area contributed by atoms with Crippen LogP contribution in [0.15, 0.2) is 35.4 Å². The Morgan fingerprint density at radius 1 is 1.19 bits per heavy atom. The second kappa shape index (κ2) is 7.47. The predicted octanol–water partition coefficient (Wildman–Crippen LogP) is 2.16. The first kappa shape index (κ1) is 17.8. The minimum absolute atomic E-state index is 0.153. The van der Waals surface area contributed by atoms with E-state index in [9.17, 15) is 9.59 Å². The highest BCUT2D eigenvalue weighted by Crippen LogP contribution is 2.22. The molecule has 136 valence electrons. The molecule has 1 aromatic carbocycles. The number of hydrogen-bond donors (Lipinski definition) is 1. The molecule has 8 heteroatoms. The van der Waals surface area contributed by atoms with Gasteiger partial charge in [0, 0.05) is 18.5 Å². The number of aryl methyl sites for hydroxylation is 2. The molecule has 0 unspecified atom stereocenters. The summed E-state index contributed by atoms with van der Waals surface area (Å²) in [5.41, 5.74) is 0.409. The van der Waals surface area contributed by atoms with Crippen molar-refractivity contribution in [1.29, 1.82) is 0 Å². The normalized spacial score (nSPS) is 12.3. The second-order valence-electron chi connectivity index (χ2n) is 6.09. The first-order chi connectivity index (χ1) is 12.5. The first-order valence-corrected chi connectivity index (χ1v) is 8.75. The fraction of sp³-hybridized carbons (Fsp3) is 0.389. The van der Waals surface area contributed by atoms with Crippen LogP contribution in [-0.4, -0.2) is 30.5 Å². The molecule has 1 atom stereocenters. The summed E-state index contributed by atoms with van der Waals surface area (Å²) in [6.07, 6.45) is 2.52. The first-order valence-electron chi connectivity index (χ1n) is 8.75. The minimum Gasteiger partial charge on any atom is -0.293 e. The summed E-state index contributed by atoms with van der Waals surface area (Å²) in [6, 6.07) is 7.22. The maximum Gasteiger partial charge on any atom is 0.274 e. The number of amides is 1. The van der Waals surface area contributed by atoms with Crippen molar-refractivity contribution in [3.63, 3.8) is 0 Å². The lowest BCUT2D eigenvalue weighted by molar-refractivity contribution is -0.117. The van der Waals surface area contributed by atoms with Gasteiger partial charge >= 0.3 is 0 Å². The summed E-state index contributed by atoms with van der Waals surface area (Å²) < 4.78 is 3.07. The number of carbonyl (C=O) groups is 1. The van der Waals surface area contributed by atoms with Gasteiger partial charge in [-0.2, -0.15) is 5.10 Å². The number of rotatable bonds is 6. The summed E-state index contributed by atoms with van der Waals surface area (Å²) in [5, 5.41) is 12.6. The van der Waals surface area contributed by atoms with Gasteiger partial charge in [0.15, 0.2) is 0 Å². The molecule has 8 nitrogen and oxygen atoms in total. The maximum absolute atomic E-state index is 12.7. The molecule has 26 heavy (non-hydrogen) atoms. The van der Waals surface area contributed by atoms with Crippen LogP contribution in [0.2, 0.25) is 0 Å². The van der Waals surface area contributed by atoms with E-state index in [4.69, 9.17) is 0 Å². The molecule has 0 bridgehead atoms. The summed E-state index contributed by atoms with van der Waals surface area (Å²) in [4.78, 5) is 29.2. The Bertz CT molecular complexity index is 991. The van der Waals surface area contributed by atoms with Crippen LogP contribution in [0.1, 0.15) is 38.8 Å². The van der Waals surface area contributed by atoms with Crippen molar-refractivity contribution in [2.75, 3.05) is 5.32 Å². The average Bonchev–Trinajstić information content (AvgIpc) is 3.09. The smallest absolute Gasteiger partial charge is 0.274 e. The van der Waals surface area contributed by atoms with Crippen molar-refractivity contribution >= 4 is 22.6 Å². The van der Waals surface area contributed by atoms with E-state index >= 15 is 0 Å². The molecule has 0 saturated carbocycles. The third-order valence-electron chi connectivity index (χ3n) is 4.22. The number of nitrogens with zero attached hydrogens (tertiary/aromatic N) is 5. The van der Waals surface area contributed by atoms with Crippen molar-refractivity contribution in [2.24, 2.45) is 0 Å². The monoisotopic (exact) mass is 354 g/mol. The Morgan fingerprint density at radius 3 is 2.62 bits per heavy atom. The van der Waals surface area contributed by atoms with Crippen LogP contribution in [-0.2, 0) is 17.9 Å². The number of aromatic nitrogens is 5. The van der Waals surface area contributed by atoms with Crippen LogP contribution in [0.4, 0.5) is 5.95 Å². The van der Waals surface area contributed by atoms with Gasteiger partial charge in [0.25, 0.3) is 5.56 Å².